The second-order valence-electron chi connectivity index (χ2n) is 6.02. The van der Waals surface area contributed by atoms with Crippen LogP contribution < -0.4 is 10.5 Å². The zero-order valence-corrected chi connectivity index (χ0v) is 14.1. The highest BCUT2D eigenvalue weighted by Crippen LogP contribution is 2.14. The number of fused-ring (bicyclic) bond motifs is 1. The Balaban J connectivity index is 1.89. The topological polar surface area (TPSA) is 67.7 Å². The van der Waals surface area contributed by atoms with Crippen molar-refractivity contribution in [2.45, 2.75) is 13.0 Å². The van der Waals surface area contributed by atoms with E-state index in [-0.39, 0.29) is 11.5 Å². The number of carbonyl (C=O) groups excluding carboxylic acids is 1. The maximum absolute atomic E-state index is 12.7. The maximum atomic E-state index is 12.7. The van der Waals surface area contributed by atoms with Crippen LogP contribution in [0.3, 0.4) is 0 Å². The van der Waals surface area contributed by atoms with Gasteiger partial charge in [0.1, 0.15) is 0 Å². The van der Waals surface area contributed by atoms with Crippen LogP contribution in [0, 0.1) is 0 Å². The highest BCUT2D eigenvalue weighted by Gasteiger charge is 2.18. The summed E-state index contributed by atoms with van der Waals surface area (Å²) >= 11 is 0. The number of para-hydroxylation sites is 2. The summed E-state index contributed by atoms with van der Waals surface area (Å²) in [6, 6.07) is 7.51. The fraction of sp³-hybridized carbons (Fsp3) is 0.471. The quantitative estimate of drug-likeness (QED) is 0.826. The molecular weight excluding hydrogens is 308 g/mol. The van der Waals surface area contributed by atoms with Gasteiger partial charge in [-0.25, -0.2) is 4.98 Å². The number of ether oxygens (including phenoxy) is 1. The summed E-state index contributed by atoms with van der Waals surface area (Å²) in [6.45, 7) is 2.74. The first-order valence-electron chi connectivity index (χ1n) is 8.10. The van der Waals surface area contributed by atoms with Gasteiger partial charge in [0, 0.05) is 40.2 Å². The molecule has 0 spiro atoms. The summed E-state index contributed by atoms with van der Waals surface area (Å²) in [5.41, 5.74) is 1.33. The number of aryl methyl sites for hydroxylation is 1. The summed E-state index contributed by atoms with van der Waals surface area (Å²) in [5, 5.41) is 0. The Hall–Kier alpha value is -2.41. The van der Waals surface area contributed by atoms with Crippen molar-refractivity contribution >= 4 is 22.8 Å². The number of anilines is 1. The zero-order valence-electron chi connectivity index (χ0n) is 14.1. The van der Waals surface area contributed by atoms with Crippen molar-refractivity contribution in [3.05, 3.63) is 34.6 Å². The first-order chi connectivity index (χ1) is 11.6. The Morgan fingerprint density at radius 3 is 2.67 bits per heavy atom. The fourth-order valence-electron chi connectivity index (χ4n) is 2.87. The number of morpholine rings is 1. The summed E-state index contributed by atoms with van der Waals surface area (Å²) in [4.78, 5) is 33.0. The predicted octanol–water partition coefficient (Wildman–Crippen LogP) is 0.711. The first kappa shape index (κ1) is 16.4. The lowest BCUT2D eigenvalue weighted by Gasteiger charge is -2.27. The number of nitrogens with zero attached hydrogens (tertiary/aromatic N) is 4. The normalized spacial score (nSPS) is 14.8. The number of rotatable bonds is 4. The minimum absolute atomic E-state index is 0.0532. The molecule has 1 saturated heterocycles. The monoisotopic (exact) mass is 330 g/mol. The van der Waals surface area contributed by atoms with Crippen LogP contribution in [0.2, 0.25) is 0 Å². The van der Waals surface area contributed by atoms with E-state index in [2.05, 4.69) is 4.98 Å². The van der Waals surface area contributed by atoms with Gasteiger partial charge < -0.3 is 19.1 Å². The van der Waals surface area contributed by atoms with Crippen LogP contribution in [0.1, 0.15) is 6.42 Å². The van der Waals surface area contributed by atoms with Crippen LogP contribution in [-0.2, 0) is 16.1 Å². The molecule has 0 radical (unpaired) electrons. The molecule has 0 N–H and O–H groups in total. The number of hydrogen-bond acceptors (Lipinski definition) is 5. The van der Waals surface area contributed by atoms with E-state index in [9.17, 15) is 9.59 Å². The smallest absolute Gasteiger partial charge is 0.293 e. The fourth-order valence-corrected chi connectivity index (χ4v) is 2.87. The molecule has 1 aromatic carbocycles. The van der Waals surface area contributed by atoms with Crippen LogP contribution in [0.5, 0.6) is 0 Å². The van der Waals surface area contributed by atoms with Gasteiger partial charge in [0.25, 0.3) is 5.56 Å². The van der Waals surface area contributed by atoms with E-state index in [4.69, 9.17) is 4.74 Å². The Morgan fingerprint density at radius 1 is 1.25 bits per heavy atom. The lowest BCUT2D eigenvalue weighted by Crippen LogP contribution is -2.41. The highest BCUT2D eigenvalue weighted by atomic mass is 16.5. The third-order valence-corrected chi connectivity index (χ3v) is 4.17. The molecule has 1 fully saturated rings. The van der Waals surface area contributed by atoms with E-state index in [0.29, 0.717) is 45.1 Å². The molecule has 1 amide bonds. The largest absolute Gasteiger partial charge is 0.378 e. The molecule has 7 heteroatoms. The highest BCUT2D eigenvalue weighted by molar-refractivity contribution is 5.78. The summed E-state index contributed by atoms with van der Waals surface area (Å²) in [6.07, 6.45) is 0.292. The van der Waals surface area contributed by atoms with E-state index >= 15 is 0 Å². The third kappa shape index (κ3) is 3.26. The Bertz CT molecular complexity index is 794. The Morgan fingerprint density at radius 2 is 1.96 bits per heavy atom. The van der Waals surface area contributed by atoms with Gasteiger partial charge >= 0.3 is 0 Å². The zero-order chi connectivity index (χ0) is 17.1. The van der Waals surface area contributed by atoms with Gasteiger partial charge in [0.15, 0.2) is 5.82 Å². The maximum Gasteiger partial charge on any atom is 0.293 e. The molecule has 128 valence electrons. The molecule has 0 saturated carbocycles. The van der Waals surface area contributed by atoms with Gasteiger partial charge in [-0.1, -0.05) is 12.1 Å². The van der Waals surface area contributed by atoms with Crippen molar-refractivity contribution in [2.24, 2.45) is 0 Å². The van der Waals surface area contributed by atoms with E-state index in [0.717, 1.165) is 11.0 Å². The second-order valence-corrected chi connectivity index (χ2v) is 6.02. The van der Waals surface area contributed by atoms with Crippen molar-refractivity contribution < 1.29 is 9.53 Å². The van der Waals surface area contributed by atoms with Gasteiger partial charge in [-0.3, -0.25) is 9.59 Å². The van der Waals surface area contributed by atoms with Gasteiger partial charge in [-0.2, -0.15) is 0 Å². The Kier molecular flexibility index (Phi) is 4.80. The molecule has 1 aromatic heterocycles. The molecular formula is C17H22N4O3. The Labute approximate surface area is 140 Å². The molecule has 3 rings (SSSR count). The third-order valence-electron chi connectivity index (χ3n) is 4.17. The molecule has 0 aliphatic carbocycles. The van der Waals surface area contributed by atoms with Crippen LogP contribution in [0.15, 0.2) is 29.1 Å². The minimum atomic E-state index is -0.173. The SMILES string of the molecule is CN(C)c1nc2ccccc2n(CCC(=O)N2CCOCC2)c1=O. The molecule has 0 unspecified atom stereocenters. The lowest BCUT2D eigenvalue weighted by atomic mass is 10.2. The van der Waals surface area contributed by atoms with Gasteiger partial charge in [-0.15, -0.1) is 0 Å². The summed E-state index contributed by atoms with van der Waals surface area (Å²) < 4.78 is 6.92. The average Bonchev–Trinajstić information content (AvgIpc) is 2.60. The van der Waals surface area contributed by atoms with Crippen molar-refractivity contribution in [1.82, 2.24) is 14.5 Å². The number of amides is 1. The first-order valence-corrected chi connectivity index (χ1v) is 8.10. The van der Waals surface area contributed by atoms with E-state index in [1.807, 2.05) is 24.3 Å². The van der Waals surface area contributed by atoms with Crippen LogP contribution in [-0.4, -0.2) is 60.8 Å². The molecule has 2 aromatic rings. The second kappa shape index (κ2) is 7.00. The predicted molar refractivity (Wildman–Crippen MR) is 92.3 cm³/mol. The molecule has 2 heterocycles. The number of hydrogen-bond donors (Lipinski definition) is 0. The minimum Gasteiger partial charge on any atom is -0.378 e. The van der Waals surface area contributed by atoms with Crippen molar-refractivity contribution in [3.8, 4) is 0 Å². The molecule has 1 aliphatic heterocycles. The van der Waals surface area contributed by atoms with Crippen molar-refractivity contribution in [3.63, 3.8) is 0 Å². The van der Waals surface area contributed by atoms with E-state index in [1.165, 1.54) is 0 Å². The van der Waals surface area contributed by atoms with Crippen LogP contribution in [0.4, 0.5) is 5.82 Å². The molecule has 0 atom stereocenters. The number of aromatic nitrogens is 2. The van der Waals surface area contributed by atoms with Gasteiger partial charge in [0.2, 0.25) is 5.91 Å². The standard InChI is InChI=1S/C17H22N4O3/c1-19(2)16-17(23)21(14-6-4-3-5-13(14)18-16)8-7-15(22)20-9-11-24-12-10-20/h3-6H,7-12H2,1-2H3. The summed E-state index contributed by atoms with van der Waals surface area (Å²) in [5.74, 6) is 0.435. The molecule has 0 bridgehead atoms. The summed E-state index contributed by atoms with van der Waals surface area (Å²) in [7, 11) is 3.59. The molecule has 7 nitrogen and oxygen atoms in total. The average molecular weight is 330 g/mol. The number of carbonyl (C=O) groups is 1. The van der Waals surface area contributed by atoms with Gasteiger partial charge in [-0.05, 0) is 12.1 Å². The van der Waals surface area contributed by atoms with Gasteiger partial charge in [0.05, 0.1) is 24.2 Å². The van der Waals surface area contributed by atoms with Crippen LogP contribution >= 0.6 is 0 Å². The van der Waals surface area contributed by atoms with E-state index < -0.39 is 0 Å². The van der Waals surface area contributed by atoms with Crippen LogP contribution in [0.25, 0.3) is 11.0 Å². The molecule has 24 heavy (non-hydrogen) atoms. The van der Waals surface area contributed by atoms with E-state index in [1.54, 1.807) is 28.5 Å². The van der Waals surface area contributed by atoms with Crippen molar-refractivity contribution in [1.29, 1.82) is 0 Å². The number of benzene rings is 1. The van der Waals surface area contributed by atoms with Crippen molar-refractivity contribution in [2.75, 3.05) is 45.3 Å². The molecule has 1 aliphatic rings. The lowest BCUT2D eigenvalue weighted by molar-refractivity contribution is -0.135.